The Morgan fingerprint density at radius 1 is 1.26 bits per heavy atom. The molecular weight excluding hydrogens is 608 g/mol. The van der Waals surface area contributed by atoms with Gasteiger partial charge in [0.2, 0.25) is 11.0 Å². The van der Waals surface area contributed by atoms with Gasteiger partial charge in [-0.25, -0.2) is 18.9 Å². The minimum Gasteiger partial charge on any atom is -0.503 e. The average Bonchev–Trinajstić information content (AvgIpc) is 3.30. The number of carboxylic acid groups (broad SMARTS) is 1. The third-order valence-electron chi connectivity index (χ3n) is 5.56. The second kappa shape index (κ2) is 11.9. The Morgan fingerprint density at radius 3 is 2.50 bits per heavy atom. The number of nitrogen functional groups attached to an aromatic ring is 1. The van der Waals surface area contributed by atoms with Crippen molar-refractivity contribution in [1.29, 1.82) is 0 Å². The lowest BCUT2D eigenvalue weighted by Gasteiger charge is -2.44. The highest BCUT2D eigenvalue weighted by Crippen LogP contribution is 2.24. The van der Waals surface area contributed by atoms with Gasteiger partial charge < -0.3 is 41.9 Å². The van der Waals surface area contributed by atoms with Crippen molar-refractivity contribution in [2.45, 2.75) is 38.1 Å². The lowest BCUT2D eigenvalue weighted by atomic mass is 9.98. The van der Waals surface area contributed by atoms with Gasteiger partial charge in [-0.15, -0.1) is 11.3 Å². The largest absolute Gasteiger partial charge is 0.503 e. The van der Waals surface area contributed by atoms with Gasteiger partial charge in [-0.3, -0.25) is 18.9 Å². The highest BCUT2D eigenvalue weighted by atomic mass is 32.2. The summed E-state index contributed by atoms with van der Waals surface area (Å²) in [5.74, 6) is -4.63. The number of urea groups is 1. The van der Waals surface area contributed by atoms with E-state index in [9.17, 15) is 52.4 Å². The molecule has 1 aliphatic heterocycles. The molecule has 2 atom stereocenters. The van der Waals surface area contributed by atoms with Crippen LogP contribution >= 0.6 is 11.3 Å². The number of amides is 4. The molecule has 0 aromatic carbocycles. The van der Waals surface area contributed by atoms with Crippen molar-refractivity contribution in [3.05, 3.63) is 39.3 Å². The fourth-order valence-electron chi connectivity index (χ4n) is 3.29. The number of rotatable bonds is 11. The Kier molecular flexibility index (Phi) is 8.93. The topological polar surface area (TPSA) is 305 Å². The number of hydrogen-bond donors (Lipinski definition) is 8. The Labute approximate surface area is 239 Å². The quantitative estimate of drug-likeness (QED) is 0.0415. The van der Waals surface area contributed by atoms with Gasteiger partial charge in [-0.2, -0.15) is 13.1 Å². The number of carbonyl (C=O) groups is 4. The molecule has 3 rings (SSSR count). The summed E-state index contributed by atoms with van der Waals surface area (Å²) in [6.07, 6.45) is 0.694. The molecule has 1 fully saturated rings. The number of nitrogens with one attached hydrogen (secondary N) is 3. The van der Waals surface area contributed by atoms with Crippen molar-refractivity contribution in [3.8, 4) is 5.75 Å². The first-order valence-electron chi connectivity index (χ1n) is 11.4. The van der Waals surface area contributed by atoms with Crippen molar-refractivity contribution in [2.24, 2.45) is 5.16 Å². The molecule has 2 aromatic heterocycles. The monoisotopic (exact) mass is 632 g/mol. The molecule has 0 radical (unpaired) electrons. The summed E-state index contributed by atoms with van der Waals surface area (Å²) >= 11 is 0.895. The molecule has 0 unspecified atom stereocenters. The van der Waals surface area contributed by atoms with Crippen molar-refractivity contribution >= 4 is 56.3 Å². The minimum atomic E-state index is -5.14. The Morgan fingerprint density at radius 2 is 1.93 bits per heavy atom. The second-order valence-corrected chi connectivity index (χ2v) is 11.1. The lowest BCUT2D eigenvalue weighted by molar-refractivity contribution is -0.161. The molecule has 2 aromatic rings. The third kappa shape index (κ3) is 7.02. The third-order valence-corrected chi connectivity index (χ3v) is 7.18. The number of nitrogens with zero attached hydrogens (tertiary/aromatic N) is 4. The van der Waals surface area contributed by atoms with Crippen molar-refractivity contribution < 1.29 is 52.4 Å². The number of thiazole rings is 1. The number of carboxylic acids is 1. The minimum absolute atomic E-state index is 0.00106. The van der Waals surface area contributed by atoms with E-state index >= 15 is 0 Å². The lowest BCUT2D eigenvalue weighted by Crippen LogP contribution is -2.74. The molecule has 3 heterocycles. The van der Waals surface area contributed by atoms with Crippen LogP contribution in [-0.2, 0) is 36.1 Å². The molecule has 0 spiro atoms. The fourth-order valence-corrected chi connectivity index (χ4v) is 4.71. The zero-order chi connectivity index (χ0) is 31.6. The summed E-state index contributed by atoms with van der Waals surface area (Å²) in [7, 11) is -5.14. The number of pyridine rings is 1. The van der Waals surface area contributed by atoms with E-state index in [0.717, 1.165) is 31.3 Å². The van der Waals surface area contributed by atoms with Gasteiger partial charge in [0.1, 0.15) is 11.7 Å². The summed E-state index contributed by atoms with van der Waals surface area (Å²) < 4.78 is 33.4. The number of carbonyl (C=O) groups excluding carboxylic acids is 3. The van der Waals surface area contributed by atoms with E-state index in [-0.39, 0.29) is 20.8 Å². The van der Waals surface area contributed by atoms with Crippen LogP contribution in [0.15, 0.2) is 27.6 Å². The molecule has 0 bridgehead atoms. The first-order chi connectivity index (χ1) is 19.4. The van der Waals surface area contributed by atoms with E-state index < -0.39 is 81.8 Å². The maximum absolute atomic E-state index is 13.1. The van der Waals surface area contributed by atoms with E-state index in [1.165, 1.54) is 5.38 Å². The van der Waals surface area contributed by atoms with Crippen molar-refractivity contribution in [2.75, 3.05) is 12.3 Å². The number of aromatic nitrogens is 2. The van der Waals surface area contributed by atoms with Gasteiger partial charge in [0, 0.05) is 18.0 Å². The second-order valence-electron chi connectivity index (χ2n) is 8.97. The summed E-state index contributed by atoms with van der Waals surface area (Å²) in [4.78, 5) is 69.6. The number of nitrogens with two attached hydrogens (primary N) is 1. The van der Waals surface area contributed by atoms with Crippen LogP contribution in [0.25, 0.3) is 0 Å². The normalized spacial score (nSPS) is 17.3. The van der Waals surface area contributed by atoms with E-state index in [4.69, 9.17) is 10.6 Å². The van der Waals surface area contributed by atoms with Crippen LogP contribution in [0.3, 0.4) is 0 Å². The highest BCUT2D eigenvalue weighted by Gasteiger charge is 2.54. The molecule has 0 aliphatic carbocycles. The van der Waals surface area contributed by atoms with Gasteiger partial charge in [0.05, 0.1) is 24.5 Å². The van der Waals surface area contributed by atoms with Crippen molar-refractivity contribution in [1.82, 2.24) is 30.0 Å². The average molecular weight is 633 g/mol. The Bertz CT molecular complexity index is 1620. The molecule has 228 valence electrons. The van der Waals surface area contributed by atoms with Gasteiger partial charge in [0.15, 0.2) is 16.6 Å². The highest BCUT2D eigenvalue weighted by molar-refractivity contribution is 7.84. The maximum Gasteiger partial charge on any atom is 0.362 e. The van der Waals surface area contributed by atoms with Crippen LogP contribution in [0.4, 0.5) is 9.93 Å². The summed E-state index contributed by atoms with van der Waals surface area (Å²) in [5.41, 5.74) is 1.93. The van der Waals surface area contributed by atoms with Gasteiger partial charge in [0.25, 0.3) is 11.8 Å². The number of aliphatic carboxylic acids is 1. The number of β-lactam (4-membered cyclic amide) rings is 1. The van der Waals surface area contributed by atoms with Gasteiger partial charge in [-0.1, -0.05) is 5.16 Å². The van der Waals surface area contributed by atoms with Gasteiger partial charge in [-0.05, 0) is 13.8 Å². The molecule has 4 amide bonds. The van der Waals surface area contributed by atoms with E-state index in [0.29, 0.717) is 10.9 Å². The van der Waals surface area contributed by atoms with Crippen LogP contribution < -0.4 is 27.1 Å². The van der Waals surface area contributed by atoms with E-state index in [1.54, 1.807) is 0 Å². The molecule has 9 N–H and O–H groups in total. The number of hydrogen-bond acceptors (Lipinski definition) is 14. The molecule has 1 aliphatic rings. The Hall–Kier alpha value is -4.96. The van der Waals surface area contributed by atoms with E-state index in [1.807, 2.05) is 0 Å². The van der Waals surface area contributed by atoms with Gasteiger partial charge >= 0.3 is 22.3 Å². The predicted octanol–water partition coefficient (Wildman–Crippen LogP) is -2.59. The van der Waals surface area contributed by atoms with Crippen LogP contribution in [-0.4, -0.2) is 96.2 Å². The fraction of sp³-hybridized carbons (Fsp3) is 0.350. The SMILES string of the molecule is CC(C)(O/N=C(\C(=O)N[C@H]1C(=O)N(S(=O)(=O)O)[C@H]1CNC(=O)NCc1cc(=O)c(O)cn1O)c1csc(N)n1)C(=O)O. The number of aromatic hydroxyl groups is 1. The maximum atomic E-state index is 13.1. The number of oxime groups is 1. The zero-order valence-corrected chi connectivity index (χ0v) is 23.2. The van der Waals surface area contributed by atoms with Crippen LogP contribution in [0, 0.1) is 0 Å². The standard InChI is InChI=1S/C20H24N8O12S2/c1-20(2,17(33)34)40-26-13(9-7-41-18(21)24-9)15(31)25-14-10(28(16(14)32)42(37,38)39)5-23-19(35)22-4-8-3-11(29)12(30)6-27(8)36/h3,6-7,10,14,30,36H,4-5H2,1-2H3,(H2,21,24)(H,25,31)(H,33,34)(H2,22,23,35)(H,37,38,39)/b26-13-/t10-,14+/m0/s1. The smallest absolute Gasteiger partial charge is 0.362 e. The summed E-state index contributed by atoms with van der Waals surface area (Å²) in [6, 6.07) is -3.35. The Balaban J connectivity index is 1.76. The first-order valence-corrected chi connectivity index (χ1v) is 13.7. The molecule has 22 heteroatoms. The molecular formula is C20H24N8O12S2. The molecule has 20 nitrogen and oxygen atoms in total. The van der Waals surface area contributed by atoms with E-state index in [2.05, 4.69) is 26.1 Å². The van der Waals surface area contributed by atoms with Crippen LogP contribution in [0.2, 0.25) is 0 Å². The molecule has 0 saturated carbocycles. The van der Waals surface area contributed by atoms with Crippen molar-refractivity contribution in [3.63, 3.8) is 0 Å². The van der Waals surface area contributed by atoms with Crippen LogP contribution in [0.1, 0.15) is 25.2 Å². The summed E-state index contributed by atoms with van der Waals surface area (Å²) in [5, 5.41) is 39.7. The first kappa shape index (κ1) is 31.6. The predicted molar refractivity (Wildman–Crippen MR) is 140 cm³/mol. The van der Waals surface area contributed by atoms with Crippen LogP contribution in [0.5, 0.6) is 5.75 Å². The number of anilines is 1. The molecule has 1 saturated heterocycles. The summed E-state index contributed by atoms with van der Waals surface area (Å²) in [6.45, 7) is 1.18. The molecule has 42 heavy (non-hydrogen) atoms. The zero-order valence-electron chi connectivity index (χ0n) is 21.5.